The largest absolute Gasteiger partial charge is 0.381 e. The quantitative estimate of drug-likeness (QED) is 0.844. The fourth-order valence-corrected chi connectivity index (χ4v) is 2.93. The zero-order chi connectivity index (χ0) is 16.8. The van der Waals surface area contributed by atoms with Crippen LogP contribution in [0.4, 0.5) is 5.82 Å². The maximum absolute atomic E-state index is 12.3. The van der Waals surface area contributed by atoms with Crippen molar-refractivity contribution in [2.24, 2.45) is 5.92 Å². The molecule has 1 aromatic carbocycles. The molecule has 0 aliphatic carbocycles. The van der Waals surface area contributed by atoms with Crippen molar-refractivity contribution in [2.75, 3.05) is 32.1 Å². The molecule has 0 radical (unpaired) electrons. The molecule has 1 amide bonds. The fourth-order valence-electron chi connectivity index (χ4n) is 2.93. The van der Waals surface area contributed by atoms with Crippen LogP contribution in [-0.2, 0) is 22.6 Å². The van der Waals surface area contributed by atoms with E-state index in [9.17, 15) is 4.79 Å². The number of ether oxygens (including phenoxy) is 1. The number of nitrogens with zero attached hydrogens (tertiary/aromatic N) is 3. The Hall–Kier alpha value is -2.18. The number of hydrogen-bond donors (Lipinski definition) is 1. The smallest absolute Gasteiger partial charge is 0.239 e. The molecule has 3 rings (SSSR count). The van der Waals surface area contributed by atoms with Crippen LogP contribution < -0.4 is 5.32 Å². The lowest BCUT2D eigenvalue weighted by Crippen LogP contribution is -2.30. The van der Waals surface area contributed by atoms with Crippen molar-refractivity contribution in [2.45, 2.75) is 19.5 Å². The van der Waals surface area contributed by atoms with Gasteiger partial charge in [-0.15, -0.1) is 0 Å². The van der Waals surface area contributed by atoms with Crippen molar-refractivity contribution in [3.63, 3.8) is 0 Å². The van der Waals surface area contributed by atoms with Crippen molar-refractivity contribution in [3.05, 3.63) is 48.2 Å². The molecular weight excluding hydrogens is 304 g/mol. The number of nitrogens with one attached hydrogen (secondary N) is 1. The highest BCUT2D eigenvalue weighted by Gasteiger charge is 2.18. The molecule has 0 bridgehead atoms. The van der Waals surface area contributed by atoms with Crippen LogP contribution in [0.15, 0.2) is 42.6 Å². The third-order valence-corrected chi connectivity index (χ3v) is 4.15. The minimum Gasteiger partial charge on any atom is -0.381 e. The van der Waals surface area contributed by atoms with Crippen molar-refractivity contribution in [1.82, 2.24) is 14.7 Å². The third kappa shape index (κ3) is 4.66. The Bertz CT molecular complexity index is 650. The summed E-state index contributed by atoms with van der Waals surface area (Å²) in [6.07, 6.45) is 2.77. The normalized spacial score (nSPS) is 17.3. The summed E-state index contributed by atoms with van der Waals surface area (Å²) in [5, 5.41) is 7.27. The molecule has 1 aromatic heterocycles. The molecule has 128 valence electrons. The molecular formula is C18H24N4O2. The number of aromatic nitrogens is 2. The van der Waals surface area contributed by atoms with E-state index in [4.69, 9.17) is 4.74 Å². The number of hydrogen-bond acceptors (Lipinski definition) is 4. The maximum Gasteiger partial charge on any atom is 0.239 e. The predicted octanol–water partition coefficient (Wildman–Crippen LogP) is 1.99. The summed E-state index contributed by atoms with van der Waals surface area (Å²) in [4.78, 5) is 14.3. The van der Waals surface area contributed by atoms with Crippen molar-refractivity contribution >= 4 is 11.7 Å². The van der Waals surface area contributed by atoms with Crippen LogP contribution in [0.3, 0.4) is 0 Å². The molecule has 2 aromatic rings. The van der Waals surface area contributed by atoms with Crippen molar-refractivity contribution in [1.29, 1.82) is 0 Å². The van der Waals surface area contributed by atoms with E-state index >= 15 is 0 Å². The predicted molar refractivity (Wildman–Crippen MR) is 92.6 cm³/mol. The molecule has 1 N–H and O–H groups in total. The number of rotatable bonds is 7. The van der Waals surface area contributed by atoms with Gasteiger partial charge in [0.05, 0.1) is 19.3 Å². The molecule has 0 saturated carbocycles. The number of carbonyl (C=O) groups is 1. The molecule has 0 spiro atoms. The van der Waals surface area contributed by atoms with Crippen molar-refractivity contribution < 1.29 is 9.53 Å². The van der Waals surface area contributed by atoms with Gasteiger partial charge in [0, 0.05) is 31.7 Å². The van der Waals surface area contributed by atoms with Gasteiger partial charge in [0.1, 0.15) is 5.82 Å². The van der Waals surface area contributed by atoms with Gasteiger partial charge in [-0.3, -0.25) is 9.69 Å². The summed E-state index contributed by atoms with van der Waals surface area (Å²) in [6, 6.07) is 12.0. The summed E-state index contributed by atoms with van der Waals surface area (Å²) in [5.74, 6) is 1.19. The first kappa shape index (κ1) is 16.7. The van der Waals surface area contributed by atoms with Crippen LogP contribution in [0.1, 0.15) is 12.0 Å². The molecule has 1 saturated heterocycles. The molecule has 6 heteroatoms. The summed E-state index contributed by atoms with van der Waals surface area (Å²) >= 11 is 0. The Morgan fingerprint density at radius 1 is 1.38 bits per heavy atom. The second-order valence-corrected chi connectivity index (χ2v) is 6.33. The van der Waals surface area contributed by atoms with Crippen LogP contribution in [0.5, 0.6) is 0 Å². The zero-order valence-electron chi connectivity index (χ0n) is 14.0. The Morgan fingerprint density at radius 3 is 2.96 bits per heavy atom. The van der Waals surface area contributed by atoms with Crippen LogP contribution in [0.25, 0.3) is 0 Å². The van der Waals surface area contributed by atoms with Gasteiger partial charge in [-0.05, 0) is 19.0 Å². The summed E-state index contributed by atoms with van der Waals surface area (Å²) in [5.41, 5.74) is 1.19. The maximum atomic E-state index is 12.3. The van der Waals surface area contributed by atoms with Gasteiger partial charge >= 0.3 is 0 Å². The first-order valence-corrected chi connectivity index (χ1v) is 8.32. The van der Waals surface area contributed by atoms with E-state index in [1.807, 2.05) is 40.9 Å². The van der Waals surface area contributed by atoms with Crippen LogP contribution in [-0.4, -0.2) is 47.4 Å². The molecule has 1 aliphatic heterocycles. The SMILES string of the molecule is CN(CC(=O)Nc1ccnn1C[C@H]1CCOC1)Cc1ccccc1. The van der Waals surface area contributed by atoms with Gasteiger partial charge in [0.2, 0.25) is 5.91 Å². The Balaban J connectivity index is 1.50. The second kappa shape index (κ2) is 8.08. The summed E-state index contributed by atoms with van der Waals surface area (Å²) < 4.78 is 7.26. The van der Waals surface area contributed by atoms with Crippen LogP contribution in [0, 0.1) is 5.92 Å². The lowest BCUT2D eigenvalue weighted by Gasteiger charge is -2.17. The molecule has 24 heavy (non-hydrogen) atoms. The second-order valence-electron chi connectivity index (χ2n) is 6.33. The van der Waals surface area contributed by atoms with E-state index in [2.05, 4.69) is 22.5 Å². The molecule has 6 nitrogen and oxygen atoms in total. The van der Waals surface area contributed by atoms with Gasteiger partial charge in [-0.2, -0.15) is 5.10 Å². The lowest BCUT2D eigenvalue weighted by atomic mass is 10.1. The van der Waals surface area contributed by atoms with Gasteiger partial charge < -0.3 is 10.1 Å². The number of benzene rings is 1. The number of likely N-dealkylation sites (N-methyl/N-ethyl adjacent to an activating group) is 1. The van der Waals surface area contributed by atoms with Gasteiger partial charge in [0.15, 0.2) is 0 Å². The number of carbonyl (C=O) groups excluding carboxylic acids is 1. The van der Waals surface area contributed by atoms with Gasteiger partial charge in [-0.25, -0.2) is 4.68 Å². The molecule has 1 fully saturated rings. The Kier molecular flexibility index (Phi) is 5.61. The van der Waals surface area contributed by atoms with Crippen LogP contribution >= 0.6 is 0 Å². The number of amides is 1. The minimum absolute atomic E-state index is 0.0298. The third-order valence-electron chi connectivity index (χ3n) is 4.15. The topological polar surface area (TPSA) is 59.4 Å². The molecule has 1 atom stereocenters. The molecule has 1 aliphatic rings. The molecule has 0 unspecified atom stereocenters. The number of anilines is 1. The van der Waals surface area contributed by atoms with E-state index in [1.54, 1.807) is 6.20 Å². The van der Waals surface area contributed by atoms with Gasteiger partial charge in [0.25, 0.3) is 0 Å². The Morgan fingerprint density at radius 2 is 2.21 bits per heavy atom. The average Bonchev–Trinajstić information content (AvgIpc) is 3.21. The average molecular weight is 328 g/mol. The van der Waals surface area contributed by atoms with E-state index in [1.165, 1.54) is 5.56 Å². The first-order valence-electron chi connectivity index (χ1n) is 8.32. The highest BCUT2D eigenvalue weighted by Crippen LogP contribution is 2.17. The lowest BCUT2D eigenvalue weighted by molar-refractivity contribution is -0.117. The first-order chi connectivity index (χ1) is 11.7. The summed E-state index contributed by atoms with van der Waals surface area (Å²) in [6.45, 7) is 3.45. The zero-order valence-corrected chi connectivity index (χ0v) is 14.0. The van der Waals surface area contributed by atoms with Gasteiger partial charge in [-0.1, -0.05) is 30.3 Å². The minimum atomic E-state index is -0.0298. The standard InChI is InChI=1S/C18H24N4O2/c1-21(11-15-5-3-2-4-6-15)13-18(23)20-17-7-9-19-22(17)12-16-8-10-24-14-16/h2-7,9,16H,8,10-14H2,1H3,(H,20,23)/t16-/m1/s1. The fraction of sp³-hybridized carbons (Fsp3) is 0.444. The summed E-state index contributed by atoms with van der Waals surface area (Å²) in [7, 11) is 1.94. The van der Waals surface area contributed by atoms with E-state index < -0.39 is 0 Å². The Labute approximate surface area is 142 Å². The monoisotopic (exact) mass is 328 g/mol. The highest BCUT2D eigenvalue weighted by atomic mass is 16.5. The van der Waals surface area contributed by atoms with Crippen LogP contribution in [0.2, 0.25) is 0 Å². The van der Waals surface area contributed by atoms with E-state index in [0.717, 1.165) is 38.5 Å². The van der Waals surface area contributed by atoms with Crippen molar-refractivity contribution in [3.8, 4) is 0 Å². The molecule has 2 heterocycles. The van der Waals surface area contributed by atoms with E-state index in [-0.39, 0.29) is 5.91 Å². The van der Waals surface area contributed by atoms with E-state index in [0.29, 0.717) is 12.5 Å². The highest BCUT2D eigenvalue weighted by molar-refractivity contribution is 5.91.